The van der Waals surface area contributed by atoms with E-state index >= 15 is 0 Å². The number of carbonyl (C=O) groups is 2. The molecule has 2 aliphatic rings. The Kier molecular flexibility index (Phi) is 6.74. The highest BCUT2D eigenvalue weighted by molar-refractivity contribution is 7.98. The van der Waals surface area contributed by atoms with Crippen LogP contribution in [-0.2, 0) is 4.74 Å². The van der Waals surface area contributed by atoms with E-state index in [9.17, 15) is 14.0 Å². The molecule has 0 saturated carbocycles. The Morgan fingerprint density at radius 3 is 2.70 bits per heavy atom. The molecule has 0 unspecified atom stereocenters. The fraction of sp³-hybridized carbons (Fsp3) is 0.462. The summed E-state index contributed by atoms with van der Waals surface area (Å²) in [5.74, 6) is 0.148. The van der Waals surface area contributed by atoms with E-state index in [2.05, 4.69) is 15.2 Å². The number of ether oxygens (including phenoxy) is 1. The molecule has 9 nitrogen and oxygen atoms in total. The molecule has 11 heteroatoms. The van der Waals surface area contributed by atoms with Gasteiger partial charge in [0.25, 0.3) is 5.91 Å². The maximum atomic E-state index is 14.1. The van der Waals surface area contributed by atoms with E-state index in [4.69, 9.17) is 9.84 Å². The average Bonchev–Trinajstić information content (AvgIpc) is 3.46. The van der Waals surface area contributed by atoms with Crippen molar-refractivity contribution in [2.24, 2.45) is 0 Å². The van der Waals surface area contributed by atoms with Gasteiger partial charge in [-0.05, 0) is 75.8 Å². The van der Waals surface area contributed by atoms with Gasteiger partial charge in [-0.3, -0.25) is 4.79 Å². The number of thioether (sulfide) groups is 1. The van der Waals surface area contributed by atoms with Crippen LogP contribution in [0.5, 0.6) is 0 Å². The number of nitrogens with zero attached hydrogens (tertiary/aromatic N) is 5. The maximum Gasteiger partial charge on any atom is 0.410 e. The zero-order valence-corrected chi connectivity index (χ0v) is 22.2. The Morgan fingerprint density at radius 1 is 1.19 bits per heavy atom. The molecule has 0 radical (unpaired) electrons. The molecule has 2 aromatic heterocycles. The summed E-state index contributed by atoms with van der Waals surface area (Å²) in [7, 11) is 0. The minimum atomic E-state index is -0.564. The molecule has 2 saturated heterocycles. The average molecular weight is 527 g/mol. The van der Waals surface area contributed by atoms with Crippen LogP contribution in [0.3, 0.4) is 0 Å². The molecular formula is C26H31FN6O3S. The van der Waals surface area contributed by atoms with Gasteiger partial charge in [-0.15, -0.1) is 16.9 Å². The van der Waals surface area contributed by atoms with Gasteiger partial charge in [0.05, 0.1) is 18.3 Å². The zero-order valence-electron chi connectivity index (χ0n) is 21.4. The van der Waals surface area contributed by atoms with Crippen molar-refractivity contribution in [2.45, 2.75) is 56.2 Å². The number of amides is 2. The standard InChI is InChI=1S/C26H31FN6O3S/c1-26(2,3)36-25(35)31-14-17(15-31)29-24(34)20-13-28-22-9-10-23(30-33(20)22)32-11-5-6-19(32)18-12-16(27)7-8-21(18)37-4/h7-10,12-13,17,19H,5-6,11,14-15H2,1-4H3,(H,29,34)/t19-/m1/s1. The largest absolute Gasteiger partial charge is 0.444 e. The fourth-order valence-corrected chi connectivity index (χ4v) is 5.44. The molecule has 196 valence electrons. The lowest BCUT2D eigenvalue weighted by molar-refractivity contribution is 0.00529. The van der Waals surface area contributed by atoms with Gasteiger partial charge < -0.3 is 19.9 Å². The number of anilines is 1. The molecule has 1 N–H and O–H groups in total. The Bertz CT molecular complexity index is 1330. The fourth-order valence-electron chi connectivity index (χ4n) is 4.81. The minimum absolute atomic E-state index is 0.00212. The molecule has 0 aliphatic carbocycles. The highest BCUT2D eigenvalue weighted by atomic mass is 32.2. The van der Waals surface area contributed by atoms with E-state index in [1.54, 1.807) is 27.2 Å². The summed E-state index contributed by atoms with van der Waals surface area (Å²) < 4.78 is 21.0. The Balaban J connectivity index is 1.32. The normalized spacial score (nSPS) is 18.2. The van der Waals surface area contributed by atoms with Gasteiger partial charge in [-0.1, -0.05) is 0 Å². The van der Waals surface area contributed by atoms with E-state index < -0.39 is 5.60 Å². The number of hydrogen-bond acceptors (Lipinski definition) is 7. The third kappa shape index (κ3) is 5.22. The highest BCUT2D eigenvalue weighted by Gasteiger charge is 2.35. The number of halogens is 1. The van der Waals surface area contributed by atoms with E-state index in [1.807, 2.05) is 45.2 Å². The van der Waals surface area contributed by atoms with Crippen molar-refractivity contribution in [2.75, 3.05) is 30.8 Å². The number of rotatable bonds is 5. The van der Waals surface area contributed by atoms with Crippen molar-refractivity contribution in [1.29, 1.82) is 0 Å². The van der Waals surface area contributed by atoms with E-state index in [-0.39, 0.29) is 29.9 Å². The van der Waals surface area contributed by atoms with Gasteiger partial charge in [-0.2, -0.15) is 0 Å². The summed E-state index contributed by atoms with van der Waals surface area (Å²) >= 11 is 1.60. The predicted octanol–water partition coefficient (Wildman–Crippen LogP) is 4.28. The van der Waals surface area contributed by atoms with Gasteiger partial charge >= 0.3 is 6.09 Å². The second-order valence-electron chi connectivity index (χ2n) is 10.4. The Hall–Kier alpha value is -3.34. The molecule has 3 aromatic rings. The van der Waals surface area contributed by atoms with Crippen molar-refractivity contribution >= 4 is 35.2 Å². The number of fused-ring (bicyclic) bond motifs is 1. The molecule has 1 aromatic carbocycles. The third-order valence-corrected chi connectivity index (χ3v) is 7.36. The van der Waals surface area contributed by atoms with Crippen LogP contribution >= 0.6 is 11.8 Å². The van der Waals surface area contributed by atoms with Crippen LogP contribution in [0.15, 0.2) is 41.4 Å². The zero-order chi connectivity index (χ0) is 26.3. The van der Waals surface area contributed by atoms with Gasteiger partial charge in [0.1, 0.15) is 17.2 Å². The molecule has 1 atom stereocenters. The smallest absolute Gasteiger partial charge is 0.410 e. The predicted molar refractivity (Wildman–Crippen MR) is 140 cm³/mol. The second kappa shape index (κ2) is 9.85. The van der Waals surface area contributed by atoms with Crippen LogP contribution in [0.1, 0.15) is 55.7 Å². The number of imidazole rings is 1. The van der Waals surface area contributed by atoms with Crippen molar-refractivity contribution in [3.8, 4) is 0 Å². The molecule has 2 fully saturated rings. The third-order valence-electron chi connectivity index (χ3n) is 6.55. The van der Waals surface area contributed by atoms with E-state index in [0.717, 1.165) is 29.8 Å². The van der Waals surface area contributed by atoms with Gasteiger partial charge in [0.15, 0.2) is 11.3 Å². The molecule has 2 amide bonds. The first-order chi connectivity index (χ1) is 17.6. The van der Waals surface area contributed by atoms with Crippen molar-refractivity contribution < 1.29 is 18.7 Å². The van der Waals surface area contributed by atoms with Crippen LogP contribution < -0.4 is 10.2 Å². The minimum Gasteiger partial charge on any atom is -0.444 e. The first kappa shape index (κ1) is 25.3. The lowest BCUT2D eigenvalue weighted by Gasteiger charge is -2.39. The van der Waals surface area contributed by atoms with Gasteiger partial charge in [0, 0.05) is 24.5 Å². The summed E-state index contributed by atoms with van der Waals surface area (Å²) in [5, 5.41) is 7.72. The summed E-state index contributed by atoms with van der Waals surface area (Å²) in [6.07, 6.45) is 4.96. The summed E-state index contributed by atoms with van der Waals surface area (Å²) in [5.41, 5.74) is 1.27. The van der Waals surface area contributed by atoms with Crippen molar-refractivity contribution in [1.82, 2.24) is 24.8 Å². The molecular weight excluding hydrogens is 495 g/mol. The van der Waals surface area contributed by atoms with Crippen LogP contribution in [0.25, 0.3) is 5.65 Å². The number of aromatic nitrogens is 3. The SMILES string of the molecule is CSc1ccc(F)cc1[C@H]1CCCN1c1ccc2ncc(C(=O)NC3CN(C(=O)OC(C)(C)C)C3)n2n1. The molecule has 0 bridgehead atoms. The van der Waals surface area contributed by atoms with E-state index in [1.165, 1.54) is 12.3 Å². The Morgan fingerprint density at radius 2 is 1.97 bits per heavy atom. The molecule has 0 spiro atoms. The number of likely N-dealkylation sites (tertiary alicyclic amines) is 1. The molecule has 5 rings (SSSR count). The second-order valence-corrected chi connectivity index (χ2v) is 11.2. The van der Waals surface area contributed by atoms with Crippen molar-refractivity contribution in [3.05, 3.63) is 53.6 Å². The Labute approximate surface area is 219 Å². The van der Waals surface area contributed by atoms with Crippen LogP contribution in [0.2, 0.25) is 0 Å². The van der Waals surface area contributed by atoms with Gasteiger partial charge in [0.2, 0.25) is 0 Å². The number of benzene rings is 1. The topological polar surface area (TPSA) is 92.1 Å². The summed E-state index contributed by atoms with van der Waals surface area (Å²) in [6.45, 7) is 7.01. The first-order valence-electron chi connectivity index (χ1n) is 12.4. The molecule has 2 aliphatic heterocycles. The lowest BCUT2D eigenvalue weighted by atomic mass is 10.0. The lowest BCUT2D eigenvalue weighted by Crippen LogP contribution is -2.61. The van der Waals surface area contributed by atoms with Crippen LogP contribution in [0.4, 0.5) is 15.0 Å². The van der Waals surface area contributed by atoms with Crippen LogP contribution in [-0.4, -0.2) is 69.0 Å². The molecule has 37 heavy (non-hydrogen) atoms. The number of hydrogen-bond donors (Lipinski definition) is 1. The van der Waals surface area contributed by atoms with E-state index in [0.29, 0.717) is 30.2 Å². The number of carbonyl (C=O) groups excluding carboxylic acids is 2. The van der Waals surface area contributed by atoms with Crippen molar-refractivity contribution in [3.63, 3.8) is 0 Å². The summed E-state index contributed by atoms with van der Waals surface area (Å²) in [4.78, 5) is 34.3. The van der Waals surface area contributed by atoms with Gasteiger partial charge in [-0.25, -0.2) is 18.7 Å². The molecule has 4 heterocycles. The first-order valence-corrected chi connectivity index (χ1v) is 13.6. The monoisotopic (exact) mass is 526 g/mol. The van der Waals surface area contributed by atoms with Crippen LogP contribution in [0, 0.1) is 5.82 Å². The summed E-state index contributed by atoms with van der Waals surface area (Å²) in [6, 6.07) is 8.49. The maximum absolute atomic E-state index is 14.1. The number of nitrogens with one attached hydrogen (secondary N) is 1. The highest BCUT2D eigenvalue weighted by Crippen LogP contribution is 2.39. The quantitative estimate of drug-likeness (QED) is 0.496.